The average Bonchev–Trinajstić information content (AvgIpc) is 3.44. The summed E-state index contributed by atoms with van der Waals surface area (Å²) in [7, 11) is 1.20. The number of carbonyl (C=O) groups excluding carboxylic acids is 3. The molecule has 36 heavy (non-hydrogen) atoms. The van der Waals surface area contributed by atoms with Gasteiger partial charge in [-0.15, -0.1) is 0 Å². The predicted octanol–water partition coefficient (Wildman–Crippen LogP) is 3.95. The van der Waals surface area contributed by atoms with Gasteiger partial charge in [-0.2, -0.15) is 0 Å². The number of rotatable bonds is 8. The fourth-order valence-electron chi connectivity index (χ4n) is 3.44. The van der Waals surface area contributed by atoms with Crippen LogP contribution in [0.1, 0.15) is 33.0 Å². The number of hydrogen-bond acceptors (Lipinski definition) is 8. The summed E-state index contributed by atoms with van der Waals surface area (Å²) < 4.78 is 15.8. The Bertz CT molecular complexity index is 1370. The standard InChI is InChI=1S/C25H21N3O8/c1-15-3-5-16(6-4-15)14-35-21-9-7-18(28(32)33)11-17(21)12-20-23(29)27(25(31)26-20)13-19-8-10-22(36-19)24(30)34-2/h3-12H,13-14H2,1-2H3,(H,26,31). The van der Waals surface area contributed by atoms with E-state index in [4.69, 9.17) is 9.15 Å². The third kappa shape index (κ3) is 5.25. The lowest BCUT2D eigenvalue weighted by Crippen LogP contribution is -2.30. The fourth-order valence-corrected chi connectivity index (χ4v) is 3.44. The summed E-state index contributed by atoms with van der Waals surface area (Å²) in [6, 6.07) is 13.8. The van der Waals surface area contributed by atoms with Gasteiger partial charge in [-0.3, -0.25) is 19.8 Å². The van der Waals surface area contributed by atoms with Crippen molar-refractivity contribution in [3.05, 3.63) is 98.6 Å². The number of esters is 1. The van der Waals surface area contributed by atoms with Crippen LogP contribution in [0.4, 0.5) is 10.5 Å². The molecule has 0 radical (unpaired) electrons. The molecule has 0 bridgehead atoms. The number of aryl methyl sites for hydroxylation is 1. The number of nitrogens with one attached hydrogen (secondary N) is 1. The lowest BCUT2D eigenvalue weighted by atomic mass is 10.1. The maximum atomic E-state index is 12.9. The highest BCUT2D eigenvalue weighted by Crippen LogP contribution is 2.28. The van der Waals surface area contributed by atoms with Crippen molar-refractivity contribution in [1.82, 2.24) is 10.2 Å². The average molecular weight is 491 g/mol. The molecule has 1 aliphatic heterocycles. The molecule has 11 nitrogen and oxygen atoms in total. The van der Waals surface area contributed by atoms with Crippen LogP contribution in [0, 0.1) is 17.0 Å². The van der Waals surface area contributed by atoms with Crippen molar-refractivity contribution in [2.45, 2.75) is 20.1 Å². The number of benzene rings is 2. The van der Waals surface area contributed by atoms with Gasteiger partial charge in [0.05, 0.1) is 18.6 Å². The van der Waals surface area contributed by atoms with Gasteiger partial charge in [-0.1, -0.05) is 29.8 Å². The first-order valence-corrected chi connectivity index (χ1v) is 10.7. The SMILES string of the molecule is COC(=O)c1ccc(CN2C(=O)NC(=Cc3cc([N+](=O)[O-])ccc3OCc3ccc(C)cc3)C2=O)o1. The second-order valence-electron chi connectivity index (χ2n) is 7.89. The highest BCUT2D eigenvalue weighted by atomic mass is 16.6. The molecular formula is C25H21N3O8. The summed E-state index contributed by atoms with van der Waals surface area (Å²) in [5.74, 6) is -0.947. The molecule has 1 fully saturated rings. The first-order chi connectivity index (χ1) is 17.2. The van der Waals surface area contributed by atoms with Crippen LogP contribution in [0.5, 0.6) is 5.75 Å². The fraction of sp³-hybridized carbons (Fsp3) is 0.160. The van der Waals surface area contributed by atoms with Gasteiger partial charge in [0.1, 0.15) is 23.8 Å². The molecule has 1 aromatic heterocycles. The molecule has 11 heteroatoms. The Morgan fingerprint density at radius 1 is 1.14 bits per heavy atom. The number of ether oxygens (including phenoxy) is 2. The van der Waals surface area contributed by atoms with Crippen LogP contribution >= 0.6 is 0 Å². The summed E-state index contributed by atoms with van der Waals surface area (Å²) >= 11 is 0. The molecule has 3 amide bonds. The minimum Gasteiger partial charge on any atom is -0.488 e. The Morgan fingerprint density at radius 3 is 2.58 bits per heavy atom. The Hall–Kier alpha value is -4.93. The number of methoxy groups -OCH3 is 1. The number of furan rings is 1. The summed E-state index contributed by atoms with van der Waals surface area (Å²) in [5, 5.41) is 13.8. The van der Waals surface area contributed by atoms with Crippen molar-refractivity contribution >= 4 is 29.7 Å². The van der Waals surface area contributed by atoms with E-state index in [-0.39, 0.29) is 41.6 Å². The van der Waals surface area contributed by atoms with Crippen LogP contribution in [-0.4, -0.2) is 34.8 Å². The van der Waals surface area contributed by atoms with E-state index in [9.17, 15) is 24.5 Å². The monoisotopic (exact) mass is 491 g/mol. The van der Waals surface area contributed by atoms with Crippen LogP contribution in [0.25, 0.3) is 6.08 Å². The molecule has 2 aromatic carbocycles. The molecule has 0 atom stereocenters. The second-order valence-corrected chi connectivity index (χ2v) is 7.89. The van der Waals surface area contributed by atoms with E-state index in [0.29, 0.717) is 5.75 Å². The predicted molar refractivity (Wildman–Crippen MR) is 126 cm³/mol. The zero-order chi connectivity index (χ0) is 25.8. The number of non-ortho nitro benzene ring substituents is 1. The van der Waals surface area contributed by atoms with E-state index in [1.807, 2.05) is 31.2 Å². The van der Waals surface area contributed by atoms with Gasteiger partial charge in [0.15, 0.2) is 0 Å². The van der Waals surface area contributed by atoms with E-state index in [0.717, 1.165) is 16.0 Å². The minimum atomic E-state index is -0.713. The third-order valence-electron chi connectivity index (χ3n) is 5.34. The Morgan fingerprint density at radius 2 is 1.89 bits per heavy atom. The Kier molecular flexibility index (Phi) is 6.81. The maximum Gasteiger partial charge on any atom is 0.373 e. The summed E-state index contributed by atoms with van der Waals surface area (Å²) in [4.78, 5) is 48.6. The van der Waals surface area contributed by atoms with Crippen molar-refractivity contribution in [1.29, 1.82) is 0 Å². The van der Waals surface area contributed by atoms with E-state index >= 15 is 0 Å². The van der Waals surface area contributed by atoms with Crippen molar-refractivity contribution in [2.75, 3.05) is 7.11 Å². The van der Waals surface area contributed by atoms with Crippen LogP contribution in [-0.2, 0) is 22.7 Å². The minimum absolute atomic E-state index is 0.0673. The maximum absolute atomic E-state index is 12.9. The molecule has 4 rings (SSSR count). The summed E-state index contributed by atoms with van der Waals surface area (Å²) in [5.41, 5.74) is 1.92. The van der Waals surface area contributed by atoms with Gasteiger partial charge in [-0.25, -0.2) is 9.59 Å². The molecule has 184 valence electrons. The number of hydrogen-bond donors (Lipinski definition) is 1. The van der Waals surface area contributed by atoms with E-state index in [1.54, 1.807) is 0 Å². The van der Waals surface area contributed by atoms with Crippen LogP contribution in [0.15, 0.2) is 64.7 Å². The van der Waals surface area contributed by atoms with Crippen LogP contribution < -0.4 is 10.1 Å². The number of carbonyl (C=O) groups is 3. The van der Waals surface area contributed by atoms with E-state index in [1.165, 1.54) is 43.5 Å². The van der Waals surface area contributed by atoms with Gasteiger partial charge < -0.3 is 19.2 Å². The van der Waals surface area contributed by atoms with E-state index in [2.05, 4.69) is 10.1 Å². The van der Waals surface area contributed by atoms with Gasteiger partial charge in [0.25, 0.3) is 11.6 Å². The normalized spacial score (nSPS) is 14.2. The molecule has 0 aliphatic carbocycles. The topological polar surface area (TPSA) is 141 Å². The van der Waals surface area contributed by atoms with Crippen LogP contribution in [0.3, 0.4) is 0 Å². The third-order valence-corrected chi connectivity index (χ3v) is 5.34. The molecule has 2 heterocycles. The summed E-state index contributed by atoms with van der Waals surface area (Å²) in [6.07, 6.45) is 1.32. The van der Waals surface area contributed by atoms with Crippen molar-refractivity contribution in [2.24, 2.45) is 0 Å². The van der Waals surface area contributed by atoms with Crippen molar-refractivity contribution in [3.8, 4) is 5.75 Å². The highest BCUT2D eigenvalue weighted by molar-refractivity contribution is 6.14. The number of nitro groups is 1. The van der Waals surface area contributed by atoms with Crippen molar-refractivity contribution in [3.63, 3.8) is 0 Å². The lowest BCUT2D eigenvalue weighted by Gasteiger charge is -2.11. The lowest BCUT2D eigenvalue weighted by molar-refractivity contribution is -0.384. The molecule has 0 spiro atoms. The first kappa shape index (κ1) is 24.2. The zero-order valence-corrected chi connectivity index (χ0v) is 19.3. The van der Waals surface area contributed by atoms with Crippen molar-refractivity contribution < 1.29 is 33.2 Å². The molecule has 3 aromatic rings. The number of nitro benzene ring substituents is 1. The number of nitrogens with zero attached hydrogens (tertiary/aromatic N) is 2. The van der Waals surface area contributed by atoms with Crippen LogP contribution in [0.2, 0.25) is 0 Å². The second kappa shape index (κ2) is 10.1. The molecule has 0 saturated carbocycles. The Labute approximate surface area is 205 Å². The summed E-state index contributed by atoms with van der Waals surface area (Å²) in [6.45, 7) is 1.93. The molecule has 1 N–H and O–H groups in total. The smallest absolute Gasteiger partial charge is 0.373 e. The first-order valence-electron chi connectivity index (χ1n) is 10.7. The highest BCUT2D eigenvalue weighted by Gasteiger charge is 2.34. The largest absolute Gasteiger partial charge is 0.488 e. The van der Waals surface area contributed by atoms with Gasteiger partial charge in [0, 0.05) is 17.7 Å². The van der Waals surface area contributed by atoms with E-state index < -0.39 is 22.8 Å². The number of amides is 3. The quantitative estimate of drug-likeness (QED) is 0.164. The van der Waals surface area contributed by atoms with Gasteiger partial charge >= 0.3 is 12.0 Å². The Balaban J connectivity index is 1.57. The zero-order valence-electron chi connectivity index (χ0n) is 19.3. The molecule has 1 aliphatic rings. The number of imide groups is 1. The molecular weight excluding hydrogens is 470 g/mol. The van der Waals surface area contributed by atoms with Gasteiger partial charge in [0.2, 0.25) is 5.76 Å². The van der Waals surface area contributed by atoms with Gasteiger partial charge in [-0.05, 0) is 36.8 Å². The number of urea groups is 1. The molecule has 1 saturated heterocycles. The molecule has 0 unspecified atom stereocenters.